The minimum Gasteiger partial charge on any atom is -0.472 e. The van der Waals surface area contributed by atoms with Gasteiger partial charge in [-0.1, -0.05) is 46.9 Å². The minimum absolute atomic E-state index is 0.277. The van der Waals surface area contributed by atoms with E-state index in [1.807, 2.05) is 12.1 Å². The molecule has 0 N–H and O–H groups in total. The summed E-state index contributed by atoms with van der Waals surface area (Å²) in [6.07, 6.45) is 1.46. The number of hydrogen-bond acceptors (Lipinski definition) is 3. The van der Waals surface area contributed by atoms with Crippen molar-refractivity contribution in [3.05, 3.63) is 80.4 Å². The molecule has 0 saturated heterocycles. The van der Waals surface area contributed by atoms with E-state index in [2.05, 4.69) is 5.10 Å². The third-order valence-electron chi connectivity index (χ3n) is 3.59. The van der Waals surface area contributed by atoms with Gasteiger partial charge in [0.1, 0.15) is 12.2 Å². The van der Waals surface area contributed by atoms with Crippen molar-refractivity contribution in [2.75, 3.05) is 0 Å². The normalized spacial score (nSPS) is 10.7. The molecule has 0 radical (unpaired) electrons. The number of rotatable bonds is 5. The highest BCUT2D eigenvalue weighted by atomic mass is 35.5. The summed E-state index contributed by atoms with van der Waals surface area (Å²) >= 11 is 17.9. The molecule has 0 aliphatic heterocycles. The number of aryl methyl sites for hydroxylation is 1. The Balaban J connectivity index is 1.85. The number of nitrogens with zero attached hydrogens (tertiary/aromatic N) is 2. The maximum atomic E-state index is 12.8. The highest BCUT2D eigenvalue weighted by Gasteiger charge is 2.21. The average Bonchev–Trinajstić information content (AvgIpc) is 2.94. The van der Waals surface area contributed by atoms with Crippen molar-refractivity contribution in [1.82, 2.24) is 9.78 Å². The van der Waals surface area contributed by atoms with Crippen LogP contribution in [0.3, 0.4) is 0 Å². The lowest BCUT2D eigenvalue weighted by molar-refractivity contribution is 0.103. The molecule has 0 aliphatic carbocycles. The average molecular weight is 396 g/mol. The van der Waals surface area contributed by atoms with Gasteiger partial charge in [-0.25, -0.2) is 4.68 Å². The van der Waals surface area contributed by atoms with E-state index in [1.165, 1.54) is 16.9 Å². The summed E-state index contributed by atoms with van der Waals surface area (Å²) in [5, 5.41) is 5.52. The van der Waals surface area contributed by atoms with Crippen molar-refractivity contribution in [3.8, 4) is 5.88 Å². The Bertz CT molecular complexity index is 921. The fourth-order valence-corrected chi connectivity index (χ4v) is 2.92. The Morgan fingerprint density at radius 1 is 1.04 bits per heavy atom. The van der Waals surface area contributed by atoms with Crippen LogP contribution >= 0.6 is 34.8 Å². The van der Waals surface area contributed by atoms with Gasteiger partial charge in [0.05, 0.1) is 11.2 Å². The lowest BCUT2D eigenvalue weighted by Crippen LogP contribution is -2.07. The molecule has 0 unspecified atom stereocenters. The molecule has 25 heavy (non-hydrogen) atoms. The number of benzene rings is 2. The molecule has 3 rings (SSSR count). The van der Waals surface area contributed by atoms with Crippen molar-refractivity contribution in [2.45, 2.75) is 6.61 Å². The van der Waals surface area contributed by atoms with E-state index in [1.54, 1.807) is 31.3 Å². The van der Waals surface area contributed by atoms with Crippen LogP contribution in [0.2, 0.25) is 15.1 Å². The molecule has 1 aromatic heterocycles. The molecule has 0 saturated carbocycles. The zero-order valence-electron chi connectivity index (χ0n) is 13.2. The van der Waals surface area contributed by atoms with E-state index in [0.29, 0.717) is 27.1 Å². The first kappa shape index (κ1) is 17.8. The maximum Gasteiger partial charge on any atom is 0.223 e. The fraction of sp³-hybridized carbons (Fsp3) is 0.111. The molecule has 2 aromatic carbocycles. The monoisotopic (exact) mass is 394 g/mol. The smallest absolute Gasteiger partial charge is 0.223 e. The number of carbonyl (C=O) groups is 1. The fourth-order valence-electron chi connectivity index (χ4n) is 2.30. The van der Waals surface area contributed by atoms with E-state index in [0.717, 1.165) is 5.56 Å². The van der Waals surface area contributed by atoms with Crippen LogP contribution in [0.25, 0.3) is 0 Å². The second kappa shape index (κ2) is 7.48. The Morgan fingerprint density at radius 2 is 1.72 bits per heavy atom. The van der Waals surface area contributed by atoms with Crippen molar-refractivity contribution in [2.24, 2.45) is 7.05 Å². The summed E-state index contributed by atoms with van der Waals surface area (Å²) in [5.74, 6) is 0.0897. The van der Waals surface area contributed by atoms with E-state index >= 15 is 0 Å². The Labute approximate surface area is 159 Å². The summed E-state index contributed by atoms with van der Waals surface area (Å²) in [5.41, 5.74) is 1.60. The topological polar surface area (TPSA) is 44.1 Å². The van der Waals surface area contributed by atoms with E-state index in [4.69, 9.17) is 39.5 Å². The van der Waals surface area contributed by atoms with Gasteiger partial charge in [-0.2, -0.15) is 5.10 Å². The van der Waals surface area contributed by atoms with E-state index in [-0.39, 0.29) is 17.4 Å². The van der Waals surface area contributed by atoms with Crippen LogP contribution in [0.5, 0.6) is 5.88 Å². The van der Waals surface area contributed by atoms with Gasteiger partial charge in [0.25, 0.3) is 0 Å². The van der Waals surface area contributed by atoms with Crippen molar-refractivity contribution < 1.29 is 9.53 Å². The highest BCUT2D eigenvalue weighted by Crippen LogP contribution is 2.27. The van der Waals surface area contributed by atoms with E-state index in [9.17, 15) is 4.79 Å². The summed E-state index contributed by atoms with van der Waals surface area (Å²) < 4.78 is 7.31. The molecule has 0 spiro atoms. The van der Waals surface area contributed by atoms with Gasteiger partial charge in [0.2, 0.25) is 11.7 Å². The molecule has 1 heterocycles. The maximum absolute atomic E-state index is 12.8. The number of hydrogen-bond donors (Lipinski definition) is 0. The van der Waals surface area contributed by atoms with Gasteiger partial charge in [-0.3, -0.25) is 4.79 Å². The Hall–Kier alpha value is -2.01. The second-order valence-electron chi connectivity index (χ2n) is 5.36. The zero-order valence-corrected chi connectivity index (χ0v) is 15.4. The summed E-state index contributed by atoms with van der Waals surface area (Å²) in [6.45, 7) is 0.283. The molecule has 0 aliphatic rings. The number of ketones is 1. The van der Waals surface area contributed by atoms with Crippen LogP contribution in [-0.4, -0.2) is 15.6 Å². The van der Waals surface area contributed by atoms with Gasteiger partial charge < -0.3 is 4.74 Å². The molecule has 128 valence electrons. The molecule has 0 atom stereocenters. The first-order chi connectivity index (χ1) is 12.0. The molecule has 0 fully saturated rings. The van der Waals surface area contributed by atoms with E-state index < -0.39 is 0 Å². The standard InChI is InChI=1S/C18H13Cl3N2O2/c1-23-18(25-10-11-2-4-12(19)5-3-11)15(9-22-23)17(24)14-7-6-13(20)8-16(14)21/h2-9H,10H2,1H3. The van der Waals surface area contributed by atoms with Gasteiger partial charge in [0, 0.05) is 22.7 Å². The van der Waals surface area contributed by atoms with Crippen molar-refractivity contribution >= 4 is 40.6 Å². The predicted octanol–water partition coefficient (Wildman–Crippen LogP) is 5.19. The highest BCUT2D eigenvalue weighted by molar-refractivity contribution is 6.37. The first-order valence-electron chi connectivity index (χ1n) is 7.34. The number of carbonyl (C=O) groups excluding carboxylic acids is 1. The summed E-state index contributed by atoms with van der Waals surface area (Å²) in [4.78, 5) is 12.8. The lowest BCUT2D eigenvalue weighted by Gasteiger charge is -2.09. The summed E-state index contributed by atoms with van der Waals surface area (Å²) in [7, 11) is 1.71. The Kier molecular flexibility index (Phi) is 5.33. The first-order valence-corrected chi connectivity index (χ1v) is 8.48. The Morgan fingerprint density at radius 3 is 2.40 bits per heavy atom. The minimum atomic E-state index is -0.277. The quantitative estimate of drug-likeness (QED) is 0.558. The number of aromatic nitrogens is 2. The third kappa shape index (κ3) is 3.98. The van der Waals surface area contributed by atoms with Crippen molar-refractivity contribution in [1.29, 1.82) is 0 Å². The molecule has 0 bridgehead atoms. The van der Waals surface area contributed by atoms with Crippen LogP contribution in [0, 0.1) is 0 Å². The second-order valence-corrected chi connectivity index (χ2v) is 6.64. The van der Waals surface area contributed by atoms with Crippen LogP contribution in [0.1, 0.15) is 21.5 Å². The van der Waals surface area contributed by atoms with Crippen LogP contribution < -0.4 is 4.74 Å². The zero-order chi connectivity index (χ0) is 18.0. The van der Waals surface area contributed by atoms with Crippen molar-refractivity contribution in [3.63, 3.8) is 0 Å². The largest absolute Gasteiger partial charge is 0.472 e. The molecule has 7 heteroatoms. The van der Waals surface area contributed by atoms with Crippen LogP contribution in [0.4, 0.5) is 0 Å². The predicted molar refractivity (Wildman–Crippen MR) is 98.9 cm³/mol. The summed E-state index contributed by atoms with van der Waals surface area (Å²) in [6, 6.07) is 12.0. The van der Waals surface area contributed by atoms with Gasteiger partial charge >= 0.3 is 0 Å². The van der Waals surface area contributed by atoms with Crippen LogP contribution in [0.15, 0.2) is 48.7 Å². The van der Waals surface area contributed by atoms with Gasteiger partial charge in [-0.05, 0) is 35.9 Å². The molecule has 3 aromatic rings. The van der Waals surface area contributed by atoms with Gasteiger partial charge in [0.15, 0.2) is 0 Å². The lowest BCUT2D eigenvalue weighted by atomic mass is 10.1. The third-order valence-corrected chi connectivity index (χ3v) is 4.39. The van der Waals surface area contributed by atoms with Gasteiger partial charge in [-0.15, -0.1) is 0 Å². The molecule has 4 nitrogen and oxygen atoms in total. The number of ether oxygens (including phenoxy) is 1. The van der Waals surface area contributed by atoms with Crippen LogP contribution in [-0.2, 0) is 13.7 Å². The molecular weight excluding hydrogens is 383 g/mol. The molecular formula is C18H13Cl3N2O2. The number of halogens is 3. The molecule has 0 amide bonds. The SMILES string of the molecule is Cn1ncc(C(=O)c2ccc(Cl)cc2Cl)c1OCc1ccc(Cl)cc1.